The lowest BCUT2D eigenvalue weighted by molar-refractivity contribution is -0.121. The van der Waals surface area contributed by atoms with E-state index in [1.165, 1.54) is 5.56 Å². The van der Waals surface area contributed by atoms with Crippen LogP contribution in [-0.2, 0) is 24.3 Å². The van der Waals surface area contributed by atoms with Gasteiger partial charge in [0.1, 0.15) is 5.75 Å². The molecule has 4 heteroatoms. The van der Waals surface area contributed by atoms with E-state index in [1.54, 1.807) is 0 Å². The largest absolute Gasteiger partial charge is 0.494 e. The highest BCUT2D eigenvalue weighted by Crippen LogP contribution is 2.24. The summed E-state index contributed by atoms with van der Waals surface area (Å²) >= 11 is 0. The van der Waals surface area contributed by atoms with E-state index in [9.17, 15) is 4.79 Å². The molecule has 0 aromatic heterocycles. The molecule has 0 fully saturated rings. The van der Waals surface area contributed by atoms with Crippen molar-refractivity contribution in [2.75, 3.05) is 20.7 Å². The van der Waals surface area contributed by atoms with Crippen LogP contribution in [0.1, 0.15) is 30.0 Å². The number of aryl methyl sites for hydroxylation is 1. The average molecular weight is 417 g/mol. The Hall–Kier alpha value is -3.11. The van der Waals surface area contributed by atoms with Gasteiger partial charge < -0.3 is 15.0 Å². The van der Waals surface area contributed by atoms with Gasteiger partial charge in [-0.1, -0.05) is 66.7 Å². The second kappa shape index (κ2) is 11.3. The Kier molecular flexibility index (Phi) is 8.25. The summed E-state index contributed by atoms with van der Waals surface area (Å²) in [6.07, 6.45) is 1.10. The fourth-order valence-electron chi connectivity index (χ4n) is 3.65. The number of carbonyl (C=O) groups excluding carboxylic acids is 1. The van der Waals surface area contributed by atoms with Gasteiger partial charge in [0.2, 0.25) is 5.91 Å². The van der Waals surface area contributed by atoms with Gasteiger partial charge in [0.05, 0.1) is 6.61 Å². The predicted molar refractivity (Wildman–Crippen MR) is 127 cm³/mol. The summed E-state index contributed by atoms with van der Waals surface area (Å²) in [5.74, 6) is 0.906. The molecule has 4 nitrogen and oxygen atoms in total. The first kappa shape index (κ1) is 22.6. The molecule has 3 rings (SSSR count). The van der Waals surface area contributed by atoms with Gasteiger partial charge >= 0.3 is 0 Å². The van der Waals surface area contributed by atoms with Crippen molar-refractivity contribution in [1.29, 1.82) is 0 Å². The van der Waals surface area contributed by atoms with Crippen LogP contribution >= 0.6 is 0 Å². The van der Waals surface area contributed by atoms with Crippen LogP contribution in [0.15, 0.2) is 72.8 Å². The van der Waals surface area contributed by atoms with E-state index in [-0.39, 0.29) is 5.91 Å². The minimum absolute atomic E-state index is 0.0439. The van der Waals surface area contributed by atoms with Crippen molar-refractivity contribution in [3.8, 4) is 16.9 Å². The molecular formula is C27H32N2O2. The Bertz CT molecular complexity index is 981. The zero-order valence-corrected chi connectivity index (χ0v) is 18.7. The molecule has 0 radical (unpaired) electrons. The molecule has 3 aromatic rings. The molecule has 0 aliphatic heterocycles. The number of ether oxygens (including phenoxy) is 1. The van der Waals surface area contributed by atoms with E-state index < -0.39 is 0 Å². The third-order valence-corrected chi connectivity index (χ3v) is 5.15. The summed E-state index contributed by atoms with van der Waals surface area (Å²) < 4.78 is 5.66. The first-order valence-electron chi connectivity index (χ1n) is 10.9. The van der Waals surface area contributed by atoms with Gasteiger partial charge in [-0.3, -0.25) is 4.79 Å². The predicted octanol–water partition coefficient (Wildman–Crippen LogP) is 5.06. The van der Waals surface area contributed by atoms with Crippen LogP contribution in [0.4, 0.5) is 0 Å². The first-order valence-corrected chi connectivity index (χ1v) is 10.9. The van der Waals surface area contributed by atoms with Crippen LogP contribution in [-0.4, -0.2) is 31.5 Å². The highest BCUT2D eigenvalue weighted by Gasteiger charge is 2.09. The number of rotatable bonds is 10. The Morgan fingerprint density at radius 3 is 2.29 bits per heavy atom. The number of benzene rings is 3. The Labute approximate surface area is 185 Å². The number of amides is 1. The lowest BCUT2D eigenvalue weighted by Crippen LogP contribution is -2.23. The van der Waals surface area contributed by atoms with Crippen LogP contribution in [0.5, 0.6) is 5.75 Å². The highest BCUT2D eigenvalue weighted by atomic mass is 16.5. The molecule has 1 N–H and O–H groups in total. The van der Waals surface area contributed by atoms with Crippen molar-refractivity contribution in [3.63, 3.8) is 0 Å². The quantitative estimate of drug-likeness (QED) is 0.502. The van der Waals surface area contributed by atoms with Gasteiger partial charge in [-0.25, -0.2) is 0 Å². The zero-order valence-electron chi connectivity index (χ0n) is 18.7. The molecule has 0 saturated carbocycles. The fraction of sp³-hybridized carbons (Fsp3) is 0.296. The Morgan fingerprint density at radius 1 is 0.903 bits per heavy atom. The van der Waals surface area contributed by atoms with Crippen LogP contribution in [0.2, 0.25) is 0 Å². The van der Waals surface area contributed by atoms with Gasteiger partial charge in [0, 0.05) is 19.5 Å². The van der Waals surface area contributed by atoms with Gasteiger partial charge in [0.15, 0.2) is 0 Å². The summed E-state index contributed by atoms with van der Waals surface area (Å²) in [6.45, 7) is 4.03. The van der Waals surface area contributed by atoms with Crippen LogP contribution in [0.25, 0.3) is 11.1 Å². The summed E-state index contributed by atoms with van der Waals surface area (Å²) in [7, 11) is 4.14. The minimum atomic E-state index is 0.0439. The third kappa shape index (κ3) is 6.69. The van der Waals surface area contributed by atoms with Crippen LogP contribution in [0.3, 0.4) is 0 Å². The van der Waals surface area contributed by atoms with Gasteiger partial charge in [-0.15, -0.1) is 0 Å². The van der Waals surface area contributed by atoms with Gasteiger partial charge in [-0.2, -0.15) is 0 Å². The SMILES string of the molecule is CCOc1ccccc1CCC(=O)NCc1ccccc1-c1ccc(CN(C)C)cc1. The van der Waals surface area contributed by atoms with E-state index in [1.807, 2.05) is 43.3 Å². The molecule has 0 atom stereocenters. The monoisotopic (exact) mass is 416 g/mol. The van der Waals surface area contributed by atoms with E-state index in [4.69, 9.17) is 4.74 Å². The molecule has 0 aliphatic rings. The van der Waals surface area contributed by atoms with Crippen molar-refractivity contribution in [1.82, 2.24) is 10.2 Å². The number of nitrogens with zero attached hydrogens (tertiary/aromatic N) is 1. The summed E-state index contributed by atoms with van der Waals surface area (Å²) in [5, 5.41) is 3.08. The molecule has 0 spiro atoms. The second-order valence-corrected chi connectivity index (χ2v) is 7.91. The second-order valence-electron chi connectivity index (χ2n) is 7.91. The summed E-state index contributed by atoms with van der Waals surface area (Å²) in [4.78, 5) is 14.7. The van der Waals surface area contributed by atoms with E-state index in [0.717, 1.165) is 34.5 Å². The smallest absolute Gasteiger partial charge is 0.220 e. The lowest BCUT2D eigenvalue weighted by atomic mass is 9.98. The van der Waals surface area contributed by atoms with Crippen LogP contribution < -0.4 is 10.1 Å². The normalized spacial score (nSPS) is 10.8. The molecule has 0 aliphatic carbocycles. The third-order valence-electron chi connectivity index (χ3n) is 5.15. The minimum Gasteiger partial charge on any atom is -0.494 e. The highest BCUT2D eigenvalue weighted by molar-refractivity contribution is 5.77. The van der Waals surface area contributed by atoms with Crippen molar-refractivity contribution in [2.45, 2.75) is 32.9 Å². The Morgan fingerprint density at radius 2 is 1.58 bits per heavy atom. The standard InChI is InChI=1S/C27H32N2O2/c1-4-31-26-12-8-6-9-23(26)17-18-27(30)28-19-24-10-5-7-11-25(24)22-15-13-21(14-16-22)20-29(2)3/h5-16H,4,17-20H2,1-3H3,(H,28,30). The molecular weight excluding hydrogens is 384 g/mol. The van der Waals surface area contributed by atoms with E-state index >= 15 is 0 Å². The first-order chi connectivity index (χ1) is 15.1. The number of hydrogen-bond acceptors (Lipinski definition) is 3. The number of nitrogens with one attached hydrogen (secondary N) is 1. The molecule has 0 bridgehead atoms. The summed E-state index contributed by atoms with van der Waals surface area (Å²) in [5.41, 5.74) is 5.79. The van der Waals surface area contributed by atoms with Gasteiger partial charge in [0.25, 0.3) is 0 Å². The lowest BCUT2D eigenvalue weighted by Gasteiger charge is -2.13. The topological polar surface area (TPSA) is 41.6 Å². The molecule has 162 valence electrons. The average Bonchev–Trinajstić information content (AvgIpc) is 2.78. The van der Waals surface area contributed by atoms with Crippen molar-refractivity contribution in [2.24, 2.45) is 0 Å². The fourth-order valence-corrected chi connectivity index (χ4v) is 3.65. The van der Waals surface area contributed by atoms with Crippen molar-refractivity contribution in [3.05, 3.63) is 89.5 Å². The van der Waals surface area contributed by atoms with E-state index in [2.05, 4.69) is 60.7 Å². The Balaban J connectivity index is 1.60. The maximum atomic E-state index is 12.5. The summed E-state index contributed by atoms with van der Waals surface area (Å²) in [6, 6.07) is 24.8. The van der Waals surface area contributed by atoms with Crippen LogP contribution in [0, 0.1) is 0 Å². The molecule has 0 heterocycles. The molecule has 1 amide bonds. The maximum Gasteiger partial charge on any atom is 0.220 e. The van der Waals surface area contributed by atoms with Crippen molar-refractivity contribution < 1.29 is 9.53 Å². The molecule has 31 heavy (non-hydrogen) atoms. The number of carbonyl (C=O) groups is 1. The maximum absolute atomic E-state index is 12.5. The number of para-hydroxylation sites is 1. The van der Waals surface area contributed by atoms with Crippen molar-refractivity contribution >= 4 is 5.91 Å². The molecule has 3 aromatic carbocycles. The number of hydrogen-bond donors (Lipinski definition) is 1. The van der Waals surface area contributed by atoms with Gasteiger partial charge in [-0.05, 0) is 61.3 Å². The molecule has 0 saturated heterocycles. The zero-order chi connectivity index (χ0) is 22.1. The van der Waals surface area contributed by atoms with E-state index in [0.29, 0.717) is 26.0 Å². The molecule has 0 unspecified atom stereocenters.